The Balaban J connectivity index is 1.83. The largest absolute Gasteiger partial charge is 0.341 e. The highest BCUT2D eigenvalue weighted by Gasteiger charge is 2.24. The molecule has 0 aromatic carbocycles. The highest BCUT2D eigenvalue weighted by Crippen LogP contribution is 2.22. The molecule has 0 aliphatic carbocycles. The van der Waals surface area contributed by atoms with E-state index >= 15 is 0 Å². The first-order chi connectivity index (χ1) is 10.5. The second-order valence-electron chi connectivity index (χ2n) is 5.62. The van der Waals surface area contributed by atoms with Gasteiger partial charge in [0, 0.05) is 25.0 Å². The van der Waals surface area contributed by atoms with Crippen molar-refractivity contribution in [3.63, 3.8) is 0 Å². The van der Waals surface area contributed by atoms with Crippen molar-refractivity contribution in [1.29, 1.82) is 0 Å². The zero-order valence-electron chi connectivity index (χ0n) is 13.0. The summed E-state index contributed by atoms with van der Waals surface area (Å²) >= 11 is 7.33. The smallest absolute Gasteiger partial charge is 0.318 e. The summed E-state index contributed by atoms with van der Waals surface area (Å²) in [6.07, 6.45) is 3.27. The first kappa shape index (κ1) is 17.1. The molecular formula is C15H22ClN3O2S. The first-order valence-corrected chi connectivity index (χ1v) is 8.71. The Morgan fingerprint density at radius 3 is 2.64 bits per heavy atom. The fraction of sp³-hybridized carbons (Fsp3) is 0.600. The molecule has 1 fully saturated rings. The molecule has 0 unspecified atom stereocenters. The molecule has 22 heavy (non-hydrogen) atoms. The maximum absolute atomic E-state index is 12.3. The molecule has 1 saturated heterocycles. The zero-order valence-corrected chi connectivity index (χ0v) is 14.5. The van der Waals surface area contributed by atoms with Crippen LogP contribution in [0.4, 0.5) is 4.79 Å². The van der Waals surface area contributed by atoms with E-state index in [1.165, 1.54) is 17.8 Å². The number of amides is 3. The van der Waals surface area contributed by atoms with Gasteiger partial charge in [0.1, 0.15) is 6.04 Å². The van der Waals surface area contributed by atoms with E-state index in [-0.39, 0.29) is 11.9 Å². The monoisotopic (exact) mass is 343 g/mol. The van der Waals surface area contributed by atoms with Gasteiger partial charge in [-0.1, -0.05) is 11.6 Å². The van der Waals surface area contributed by atoms with Crippen molar-refractivity contribution >= 4 is 34.9 Å². The van der Waals surface area contributed by atoms with Crippen LogP contribution in [-0.2, 0) is 11.3 Å². The summed E-state index contributed by atoms with van der Waals surface area (Å²) in [5, 5.41) is 2.77. The van der Waals surface area contributed by atoms with Gasteiger partial charge in [0.2, 0.25) is 5.91 Å². The maximum Gasteiger partial charge on any atom is 0.318 e. The lowest BCUT2D eigenvalue weighted by Gasteiger charge is -2.30. The Hall–Kier alpha value is -1.27. The van der Waals surface area contributed by atoms with E-state index in [0.29, 0.717) is 10.9 Å². The van der Waals surface area contributed by atoms with Crippen LogP contribution in [0, 0.1) is 0 Å². The van der Waals surface area contributed by atoms with Gasteiger partial charge >= 0.3 is 6.03 Å². The lowest BCUT2D eigenvalue weighted by atomic mass is 10.1. The molecule has 1 atom stereocenters. The van der Waals surface area contributed by atoms with Crippen molar-refractivity contribution < 1.29 is 9.59 Å². The number of thiophene rings is 1. The molecule has 0 spiro atoms. The third kappa shape index (κ3) is 4.61. The molecule has 1 aromatic rings. The molecule has 1 aliphatic heterocycles. The Morgan fingerprint density at radius 1 is 1.36 bits per heavy atom. The fourth-order valence-electron chi connectivity index (χ4n) is 2.49. The topological polar surface area (TPSA) is 52.7 Å². The minimum absolute atomic E-state index is 0.000572. The van der Waals surface area contributed by atoms with E-state index < -0.39 is 6.04 Å². The molecule has 0 bridgehead atoms. The standard InChI is InChI=1S/C15H22ClN3O2S/c1-11(14(20)19-8-4-3-5-9-19)17-15(21)18(2)10-12-6-7-13(16)22-12/h6-7,11H,3-5,8-10H2,1-2H3,(H,17,21)/t11-/m0/s1. The molecule has 3 amide bonds. The van der Waals surface area contributed by atoms with Crippen LogP contribution in [0.5, 0.6) is 0 Å². The third-order valence-electron chi connectivity index (χ3n) is 3.75. The molecule has 122 valence electrons. The van der Waals surface area contributed by atoms with Crippen LogP contribution in [0.1, 0.15) is 31.1 Å². The van der Waals surface area contributed by atoms with E-state index in [1.54, 1.807) is 18.9 Å². The van der Waals surface area contributed by atoms with Crippen LogP contribution >= 0.6 is 22.9 Å². The number of halogens is 1. The average Bonchev–Trinajstić information content (AvgIpc) is 2.92. The first-order valence-electron chi connectivity index (χ1n) is 7.52. The molecule has 0 radical (unpaired) electrons. The summed E-state index contributed by atoms with van der Waals surface area (Å²) in [7, 11) is 1.71. The zero-order chi connectivity index (χ0) is 16.1. The van der Waals surface area contributed by atoms with Crippen molar-refractivity contribution in [3.8, 4) is 0 Å². The highest BCUT2D eigenvalue weighted by atomic mass is 35.5. The number of carbonyl (C=O) groups excluding carboxylic acids is 2. The summed E-state index contributed by atoms with van der Waals surface area (Å²) in [4.78, 5) is 28.9. The predicted octanol–water partition coefficient (Wildman–Crippen LogP) is 2.94. The number of urea groups is 1. The van der Waals surface area contributed by atoms with E-state index in [4.69, 9.17) is 11.6 Å². The van der Waals surface area contributed by atoms with Gasteiger partial charge < -0.3 is 15.1 Å². The molecule has 1 aliphatic rings. The van der Waals surface area contributed by atoms with E-state index in [2.05, 4.69) is 5.32 Å². The van der Waals surface area contributed by atoms with Crippen LogP contribution in [0.15, 0.2) is 12.1 Å². The van der Waals surface area contributed by atoms with Gasteiger partial charge in [-0.2, -0.15) is 0 Å². The number of nitrogens with zero attached hydrogens (tertiary/aromatic N) is 2. The van der Waals surface area contributed by atoms with Crippen LogP contribution < -0.4 is 5.32 Å². The minimum Gasteiger partial charge on any atom is -0.341 e. The summed E-state index contributed by atoms with van der Waals surface area (Å²) in [6, 6.07) is 2.97. The Morgan fingerprint density at radius 2 is 2.05 bits per heavy atom. The molecule has 0 saturated carbocycles. The molecule has 2 rings (SSSR count). The van der Waals surface area contributed by atoms with Crippen LogP contribution in [0.2, 0.25) is 4.34 Å². The quantitative estimate of drug-likeness (QED) is 0.913. The van der Waals surface area contributed by atoms with Crippen molar-refractivity contribution in [2.45, 2.75) is 38.8 Å². The number of hydrogen-bond acceptors (Lipinski definition) is 3. The van der Waals surface area contributed by atoms with E-state index in [0.717, 1.165) is 30.8 Å². The summed E-state index contributed by atoms with van der Waals surface area (Å²) in [5.74, 6) is 0.000572. The Bertz CT molecular complexity index is 529. The summed E-state index contributed by atoms with van der Waals surface area (Å²) in [6.45, 7) is 3.81. The average molecular weight is 344 g/mol. The number of hydrogen-bond donors (Lipinski definition) is 1. The molecule has 2 heterocycles. The SMILES string of the molecule is C[C@H](NC(=O)N(C)Cc1ccc(Cl)s1)C(=O)N1CCCCC1. The Kier molecular flexibility index (Phi) is 6.08. The lowest BCUT2D eigenvalue weighted by Crippen LogP contribution is -2.51. The van der Waals surface area contributed by atoms with Crippen LogP contribution in [0.3, 0.4) is 0 Å². The van der Waals surface area contributed by atoms with Crippen molar-refractivity contribution in [2.75, 3.05) is 20.1 Å². The lowest BCUT2D eigenvalue weighted by molar-refractivity contribution is -0.133. The van der Waals surface area contributed by atoms with Gasteiger partial charge in [0.15, 0.2) is 0 Å². The normalized spacial score (nSPS) is 16.2. The van der Waals surface area contributed by atoms with Gasteiger partial charge in [-0.25, -0.2) is 4.79 Å². The minimum atomic E-state index is -0.500. The summed E-state index contributed by atoms with van der Waals surface area (Å²) < 4.78 is 0.706. The molecule has 7 heteroatoms. The number of carbonyl (C=O) groups is 2. The number of piperidine rings is 1. The van der Waals surface area contributed by atoms with Crippen LogP contribution in [0.25, 0.3) is 0 Å². The number of rotatable bonds is 4. The molecule has 5 nitrogen and oxygen atoms in total. The fourth-order valence-corrected chi connectivity index (χ4v) is 3.63. The van der Waals surface area contributed by atoms with Crippen molar-refractivity contribution in [1.82, 2.24) is 15.1 Å². The highest BCUT2D eigenvalue weighted by molar-refractivity contribution is 7.16. The van der Waals surface area contributed by atoms with Gasteiger partial charge in [-0.3, -0.25) is 4.79 Å². The maximum atomic E-state index is 12.3. The van der Waals surface area contributed by atoms with Crippen LogP contribution in [-0.4, -0.2) is 47.9 Å². The predicted molar refractivity (Wildman–Crippen MR) is 89.2 cm³/mol. The number of likely N-dealkylation sites (tertiary alicyclic amines) is 1. The molecule has 1 aromatic heterocycles. The molecular weight excluding hydrogens is 322 g/mol. The van der Waals surface area contributed by atoms with E-state index in [9.17, 15) is 9.59 Å². The number of nitrogens with one attached hydrogen (secondary N) is 1. The third-order valence-corrected chi connectivity index (χ3v) is 4.96. The van der Waals surface area contributed by atoms with Crippen molar-refractivity contribution in [2.24, 2.45) is 0 Å². The second kappa shape index (κ2) is 7.83. The van der Waals surface area contributed by atoms with Gasteiger partial charge in [0.05, 0.1) is 10.9 Å². The molecule has 1 N–H and O–H groups in total. The van der Waals surface area contributed by atoms with Gasteiger partial charge in [-0.15, -0.1) is 11.3 Å². The van der Waals surface area contributed by atoms with E-state index in [1.807, 2.05) is 17.0 Å². The summed E-state index contributed by atoms with van der Waals surface area (Å²) in [5.41, 5.74) is 0. The second-order valence-corrected chi connectivity index (χ2v) is 7.42. The van der Waals surface area contributed by atoms with Gasteiger partial charge in [-0.05, 0) is 38.3 Å². The van der Waals surface area contributed by atoms with Gasteiger partial charge in [0.25, 0.3) is 0 Å². The van der Waals surface area contributed by atoms with Crippen molar-refractivity contribution in [3.05, 3.63) is 21.3 Å². The Labute approximate surface area is 140 Å².